The number of non-ortho nitro benzene ring substituents is 1. The van der Waals surface area contributed by atoms with Crippen LogP contribution in [0.3, 0.4) is 0 Å². The van der Waals surface area contributed by atoms with E-state index >= 15 is 0 Å². The second-order valence-electron chi connectivity index (χ2n) is 6.48. The molecule has 2 aromatic carbocycles. The van der Waals surface area contributed by atoms with Gasteiger partial charge in [-0.3, -0.25) is 10.1 Å². The Morgan fingerprint density at radius 3 is 2.32 bits per heavy atom. The number of esters is 1. The molecule has 8 nitrogen and oxygen atoms in total. The van der Waals surface area contributed by atoms with Gasteiger partial charge in [-0.1, -0.05) is 18.2 Å². The van der Waals surface area contributed by atoms with Crippen LogP contribution in [-0.2, 0) is 9.53 Å². The van der Waals surface area contributed by atoms with Crippen molar-refractivity contribution >= 4 is 23.2 Å². The van der Waals surface area contributed by atoms with Gasteiger partial charge in [0.2, 0.25) is 5.90 Å². The smallest absolute Gasteiger partial charge is 0.365 e. The Bertz CT molecular complexity index is 946. The summed E-state index contributed by atoms with van der Waals surface area (Å²) in [5, 5.41) is 10.8. The Hall–Kier alpha value is -3.68. The minimum atomic E-state index is -0.448. The predicted octanol–water partition coefficient (Wildman–Crippen LogP) is 2.56. The summed E-state index contributed by atoms with van der Waals surface area (Å²) in [6.07, 6.45) is 1.74. The molecule has 0 atom stereocenters. The van der Waals surface area contributed by atoms with E-state index in [1.165, 1.54) is 12.1 Å². The first-order valence-corrected chi connectivity index (χ1v) is 8.92. The van der Waals surface area contributed by atoms with Gasteiger partial charge in [0.1, 0.15) is 0 Å². The van der Waals surface area contributed by atoms with Crippen molar-refractivity contribution in [2.75, 3.05) is 31.1 Å². The molecule has 0 saturated carbocycles. The third-order valence-corrected chi connectivity index (χ3v) is 4.69. The number of carbonyl (C=O) groups is 1. The molecule has 0 unspecified atom stereocenters. The van der Waals surface area contributed by atoms with Crippen molar-refractivity contribution in [3.05, 3.63) is 82.2 Å². The van der Waals surface area contributed by atoms with E-state index in [4.69, 9.17) is 4.74 Å². The highest BCUT2D eigenvalue weighted by Gasteiger charge is 2.26. The summed E-state index contributed by atoms with van der Waals surface area (Å²) in [5.41, 5.74) is 2.09. The van der Waals surface area contributed by atoms with Crippen LogP contribution in [0.5, 0.6) is 0 Å². The van der Waals surface area contributed by atoms with Crippen molar-refractivity contribution in [3.8, 4) is 0 Å². The molecule has 2 aliphatic heterocycles. The van der Waals surface area contributed by atoms with Crippen LogP contribution in [0.4, 0.5) is 11.4 Å². The lowest BCUT2D eigenvalue weighted by Crippen LogP contribution is -2.44. The predicted molar refractivity (Wildman–Crippen MR) is 104 cm³/mol. The lowest BCUT2D eigenvalue weighted by atomic mass is 10.2. The summed E-state index contributed by atoms with van der Waals surface area (Å²) in [6.45, 7) is 2.91. The van der Waals surface area contributed by atoms with Crippen molar-refractivity contribution in [1.29, 1.82) is 0 Å². The molecule has 0 aliphatic carbocycles. The molecule has 2 heterocycles. The van der Waals surface area contributed by atoms with Gasteiger partial charge in [0, 0.05) is 55.8 Å². The Morgan fingerprint density at radius 2 is 1.68 bits per heavy atom. The number of rotatable bonds is 4. The molecule has 2 aliphatic rings. The minimum absolute atomic E-state index is 0.0824. The molecule has 8 heteroatoms. The fourth-order valence-electron chi connectivity index (χ4n) is 3.17. The van der Waals surface area contributed by atoms with Crippen LogP contribution in [0.1, 0.15) is 5.56 Å². The van der Waals surface area contributed by atoms with Crippen molar-refractivity contribution in [2.24, 2.45) is 4.99 Å². The van der Waals surface area contributed by atoms with Gasteiger partial charge in [-0.2, -0.15) is 0 Å². The first kappa shape index (κ1) is 17.7. The summed E-state index contributed by atoms with van der Waals surface area (Å²) < 4.78 is 5.27. The Kier molecular flexibility index (Phi) is 4.76. The number of anilines is 1. The topological polar surface area (TPSA) is 88.3 Å². The van der Waals surface area contributed by atoms with Crippen LogP contribution >= 0.6 is 0 Å². The van der Waals surface area contributed by atoms with E-state index in [-0.39, 0.29) is 5.69 Å². The molecule has 0 bridgehead atoms. The zero-order valence-electron chi connectivity index (χ0n) is 15.0. The highest BCUT2D eigenvalue weighted by Crippen LogP contribution is 2.22. The number of hydrogen-bond acceptors (Lipinski definition) is 7. The number of carbonyl (C=O) groups excluding carboxylic acids is 1. The summed E-state index contributed by atoms with van der Waals surface area (Å²) >= 11 is 0. The number of cyclic esters (lactones) is 1. The number of hydrogen-bond donors (Lipinski definition) is 0. The van der Waals surface area contributed by atoms with Crippen molar-refractivity contribution in [3.63, 3.8) is 0 Å². The Balaban J connectivity index is 1.40. The van der Waals surface area contributed by atoms with Crippen molar-refractivity contribution in [1.82, 2.24) is 4.90 Å². The number of nitro benzene ring substituents is 1. The number of aliphatic imine (C=N–C) groups is 1. The minimum Gasteiger partial charge on any atom is -0.402 e. The van der Waals surface area contributed by atoms with Crippen LogP contribution < -0.4 is 4.90 Å². The average Bonchev–Trinajstić information content (AvgIpc) is 3.10. The van der Waals surface area contributed by atoms with E-state index < -0.39 is 10.9 Å². The van der Waals surface area contributed by atoms with Gasteiger partial charge in [-0.15, -0.1) is 0 Å². The molecule has 0 spiro atoms. The summed E-state index contributed by atoms with van der Waals surface area (Å²) in [5.74, 6) is -0.127. The molecule has 28 heavy (non-hydrogen) atoms. The fourth-order valence-corrected chi connectivity index (χ4v) is 3.17. The molecule has 0 N–H and O–H groups in total. The van der Waals surface area contributed by atoms with Gasteiger partial charge in [0.05, 0.1) is 4.92 Å². The zero-order valence-corrected chi connectivity index (χ0v) is 15.0. The average molecular weight is 378 g/mol. The van der Waals surface area contributed by atoms with E-state index in [1.54, 1.807) is 18.3 Å². The van der Waals surface area contributed by atoms with E-state index in [9.17, 15) is 14.9 Å². The third kappa shape index (κ3) is 3.71. The van der Waals surface area contributed by atoms with Gasteiger partial charge >= 0.3 is 5.97 Å². The number of ether oxygens (including phenoxy) is 1. The maximum Gasteiger partial charge on any atom is 0.365 e. The van der Waals surface area contributed by atoms with E-state index in [1.807, 2.05) is 35.2 Å². The molecular formula is C20H18N4O4. The molecule has 4 rings (SSSR count). The lowest BCUT2D eigenvalue weighted by Gasteiger charge is -2.35. The Morgan fingerprint density at radius 1 is 1.00 bits per heavy atom. The van der Waals surface area contributed by atoms with Crippen LogP contribution in [-0.4, -0.2) is 47.9 Å². The maximum atomic E-state index is 12.1. The standard InChI is InChI=1S/C20H18N4O4/c25-20-18(21-19(28-20)15-4-2-1-3-5-15)14-22-10-12-23(13-11-22)16-6-8-17(9-7-16)24(26)27/h1-9,14H,10-13H2/b18-14-. The highest BCUT2D eigenvalue weighted by atomic mass is 16.6. The van der Waals surface area contributed by atoms with E-state index in [2.05, 4.69) is 9.89 Å². The van der Waals surface area contributed by atoms with Crippen LogP contribution in [0.25, 0.3) is 0 Å². The van der Waals surface area contributed by atoms with Gasteiger partial charge in [0.15, 0.2) is 5.70 Å². The van der Waals surface area contributed by atoms with Crippen molar-refractivity contribution in [2.45, 2.75) is 0 Å². The molecule has 0 radical (unpaired) electrons. The largest absolute Gasteiger partial charge is 0.402 e. The summed E-state index contributed by atoms with van der Waals surface area (Å²) in [7, 11) is 0. The molecule has 2 aromatic rings. The molecule has 1 saturated heterocycles. The van der Waals surface area contributed by atoms with Gasteiger partial charge in [-0.05, 0) is 24.3 Å². The number of nitrogens with zero attached hydrogens (tertiary/aromatic N) is 4. The lowest BCUT2D eigenvalue weighted by molar-refractivity contribution is -0.384. The third-order valence-electron chi connectivity index (χ3n) is 4.69. The van der Waals surface area contributed by atoms with Crippen LogP contribution in [0, 0.1) is 10.1 Å². The second kappa shape index (κ2) is 7.51. The molecule has 0 amide bonds. The van der Waals surface area contributed by atoms with E-state index in [0.29, 0.717) is 24.7 Å². The summed E-state index contributed by atoms with van der Waals surface area (Å²) in [4.78, 5) is 31.0. The maximum absolute atomic E-state index is 12.1. The molecule has 0 aromatic heterocycles. The van der Waals surface area contributed by atoms with Crippen molar-refractivity contribution < 1.29 is 14.5 Å². The first-order chi connectivity index (χ1) is 13.6. The highest BCUT2D eigenvalue weighted by molar-refractivity contribution is 6.11. The molecular weight excluding hydrogens is 360 g/mol. The van der Waals surface area contributed by atoms with Crippen LogP contribution in [0.2, 0.25) is 0 Å². The monoisotopic (exact) mass is 378 g/mol. The quantitative estimate of drug-likeness (QED) is 0.352. The van der Waals surface area contributed by atoms with Crippen LogP contribution in [0.15, 0.2) is 71.5 Å². The van der Waals surface area contributed by atoms with E-state index in [0.717, 1.165) is 24.3 Å². The van der Waals surface area contributed by atoms with Gasteiger partial charge in [0.25, 0.3) is 5.69 Å². The zero-order chi connectivity index (χ0) is 19.5. The molecule has 142 valence electrons. The first-order valence-electron chi connectivity index (χ1n) is 8.92. The number of piperazine rings is 1. The summed E-state index contributed by atoms with van der Waals surface area (Å²) in [6, 6.07) is 15.9. The van der Waals surface area contributed by atoms with Gasteiger partial charge < -0.3 is 14.5 Å². The van der Waals surface area contributed by atoms with Gasteiger partial charge in [-0.25, -0.2) is 9.79 Å². The number of benzene rings is 2. The normalized spacial score (nSPS) is 18.2. The number of nitro groups is 1. The SMILES string of the molecule is O=C1OC(c2ccccc2)=N/C1=C\N1CCN(c2ccc([N+](=O)[O-])cc2)CC1. The fraction of sp³-hybridized carbons (Fsp3) is 0.200. The Labute approximate surface area is 161 Å². The molecule has 1 fully saturated rings. The second-order valence-corrected chi connectivity index (χ2v) is 6.48.